The highest BCUT2D eigenvalue weighted by atomic mass is 32.1. The van der Waals surface area contributed by atoms with E-state index in [2.05, 4.69) is 54.8 Å². The molecule has 3 aromatic rings. The van der Waals surface area contributed by atoms with Gasteiger partial charge in [0.1, 0.15) is 0 Å². The van der Waals surface area contributed by atoms with Crippen LogP contribution in [0.2, 0.25) is 0 Å². The van der Waals surface area contributed by atoms with Gasteiger partial charge in [0, 0.05) is 18.3 Å². The van der Waals surface area contributed by atoms with Gasteiger partial charge in [0.2, 0.25) is 0 Å². The van der Waals surface area contributed by atoms with Gasteiger partial charge in [-0.2, -0.15) is 0 Å². The van der Waals surface area contributed by atoms with Crippen LogP contribution in [-0.4, -0.2) is 50.3 Å². The van der Waals surface area contributed by atoms with Crippen LogP contribution in [0.5, 0.6) is 11.5 Å². The van der Waals surface area contributed by atoms with E-state index in [0.717, 1.165) is 66.9 Å². The smallest absolute Gasteiger partial charge is 0.190 e. The van der Waals surface area contributed by atoms with Gasteiger partial charge in [-0.1, -0.05) is 38.2 Å². The van der Waals surface area contributed by atoms with Crippen LogP contribution in [0.15, 0.2) is 36.4 Å². The maximum Gasteiger partial charge on any atom is 0.190 e. The van der Waals surface area contributed by atoms with Crippen molar-refractivity contribution >= 4 is 32.4 Å². The van der Waals surface area contributed by atoms with Crippen molar-refractivity contribution in [2.75, 3.05) is 45.3 Å². The molecule has 0 N–H and O–H groups in total. The molecule has 162 valence electrons. The molecule has 0 radical (unpaired) electrons. The molecule has 1 heterocycles. The third-order valence-electron chi connectivity index (χ3n) is 5.51. The molecule has 0 aliphatic heterocycles. The highest BCUT2D eigenvalue weighted by Crippen LogP contribution is 2.38. The number of benzene rings is 2. The monoisotopic (exact) mass is 427 g/mol. The van der Waals surface area contributed by atoms with Crippen molar-refractivity contribution in [2.45, 2.75) is 33.6 Å². The Morgan fingerprint density at radius 3 is 2.33 bits per heavy atom. The van der Waals surface area contributed by atoms with E-state index < -0.39 is 0 Å². The van der Waals surface area contributed by atoms with E-state index in [1.807, 2.05) is 12.1 Å². The Hall–Kier alpha value is -2.31. The summed E-state index contributed by atoms with van der Waals surface area (Å²) in [7, 11) is 3.34. The Morgan fingerprint density at radius 1 is 0.900 bits per heavy atom. The summed E-state index contributed by atoms with van der Waals surface area (Å²) < 4.78 is 12.2. The Morgan fingerprint density at radius 2 is 1.67 bits per heavy atom. The fourth-order valence-electron chi connectivity index (χ4n) is 3.61. The van der Waals surface area contributed by atoms with Gasteiger partial charge in [0.25, 0.3) is 0 Å². The van der Waals surface area contributed by atoms with Crippen LogP contribution >= 0.6 is 11.3 Å². The molecule has 0 fully saturated rings. The van der Waals surface area contributed by atoms with Gasteiger partial charge in [-0.05, 0) is 62.3 Å². The van der Waals surface area contributed by atoms with Crippen LogP contribution in [0, 0.1) is 0 Å². The number of methoxy groups -OCH3 is 2. The number of hydrogen-bond acceptors (Lipinski definition) is 6. The van der Waals surface area contributed by atoms with Crippen molar-refractivity contribution in [3.05, 3.63) is 42.0 Å². The van der Waals surface area contributed by atoms with Gasteiger partial charge in [0.05, 0.1) is 24.4 Å². The summed E-state index contributed by atoms with van der Waals surface area (Å²) in [6.07, 6.45) is 2.10. The van der Waals surface area contributed by atoms with E-state index in [4.69, 9.17) is 14.5 Å². The number of hydrogen-bond donors (Lipinski definition) is 0. The van der Waals surface area contributed by atoms with E-state index in [1.54, 1.807) is 25.6 Å². The lowest BCUT2D eigenvalue weighted by atomic mass is 10.2. The molecule has 3 rings (SSSR count). The van der Waals surface area contributed by atoms with Gasteiger partial charge < -0.3 is 19.3 Å². The third-order valence-corrected chi connectivity index (χ3v) is 6.55. The van der Waals surface area contributed by atoms with Crippen LogP contribution in [0.1, 0.15) is 32.8 Å². The standard InChI is InChI=1S/C24H33N3O2S/c1-6-18-10-12-20-23(16-18)30-24(25-20)27(15-9-14-26(7-2)8-3)19-11-13-21(28-4)22(17-19)29-5/h10-13,16-17H,6-9,14-15H2,1-5H3. The zero-order chi connectivity index (χ0) is 21.5. The first-order valence-electron chi connectivity index (χ1n) is 10.7. The van der Waals surface area contributed by atoms with Crippen LogP contribution in [0.3, 0.4) is 0 Å². The average Bonchev–Trinajstić information content (AvgIpc) is 3.21. The zero-order valence-electron chi connectivity index (χ0n) is 18.8. The Kier molecular flexibility index (Phi) is 7.94. The summed E-state index contributed by atoms with van der Waals surface area (Å²) in [5, 5.41) is 1.02. The first-order chi connectivity index (χ1) is 14.6. The Labute approximate surface area is 184 Å². The number of aromatic nitrogens is 1. The lowest BCUT2D eigenvalue weighted by Crippen LogP contribution is -2.28. The normalized spacial score (nSPS) is 11.3. The second-order valence-corrected chi connectivity index (χ2v) is 8.23. The van der Waals surface area contributed by atoms with Crippen molar-refractivity contribution in [2.24, 2.45) is 0 Å². The number of thiazole rings is 1. The van der Waals surface area contributed by atoms with E-state index in [1.165, 1.54) is 10.3 Å². The predicted molar refractivity (Wildman–Crippen MR) is 128 cm³/mol. The van der Waals surface area contributed by atoms with Gasteiger partial charge in [-0.15, -0.1) is 0 Å². The van der Waals surface area contributed by atoms with Crippen LogP contribution in [0.25, 0.3) is 10.2 Å². The number of rotatable bonds is 11. The molecule has 5 nitrogen and oxygen atoms in total. The SMILES string of the molecule is CCc1ccc2nc(N(CCCN(CC)CC)c3ccc(OC)c(OC)c3)sc2c1. The minimum absolute atomic E-state index is 0.734. The van der Waals surface area contributed by atoms with Crippen molar-refractivity contribution in [3.63, 3.8) is 0 Å². The van der Waals surface area contributed by atoms with Gasteiger partial charge >= 0.3 is 0 Å². The number of nitrogens with zero attached hydrogens (tertiary/aromatic N) is 3. The Balaban J connectivity index is 1.95. The molecular weight excluding hydrogens is 394 g/mol. The molecule has 0 bridgehead atoms. The summed E-state index contributed by atoms with van der Waals surface area (Å²) in [5.74, 6) is 1.47. The number of anilines is 2. The molecule has 0 saturated carbocycles. The van der Waals surface area contributed by atoms with Crippen molar-refractivity contribution in [3.8, 4) is 11.5 Å². The lowest BCUT2D eigenvalue weighted by molar-refractivity contribution is 0.301. The maximum atomic E-state index is 5.55. The number of aryl methyl sites for hydroxylation is 1. The average molecular weight is 428 g/mol. The third kappa shape index (κ3) is 5.05. The highest BCUT2D eigenvalue weighted by Gasteiger charge is 2.17. The zero-order valence-corrected chi connectivity index (χ0v) is 19.6. The summed E-state index contributed by atoms with van der Waals surface area (Å²) in [5.41, 5.74) is 3.47. The van der Waals surface area contributed by atoms with Crippen LogP contribution < -0.4 is 14.4 Å². The molecule has 2 aromatic carbocycles. The molecule has 30 heavy (non-hydrogen) atoms. The minimum Gasteiger partial charge on any atom is -0.493 e. The maximum absolute atomic E-state index is 5.55. The number of ether oxygens (including phenoxy) is 2. The fraction of sp³-hybridized carbons (Fsp3) is 0.458. The summed E-state index contributed by atoms with van der Waals surface area (Å²) in [6, 6.07) is 12.7. The first kappa shape index (κ1) is 22.4. The molecule has 0 aliphatic carbocycles. The van der Waals surface area contributed by atoms with Gasteiger partial charge in [0.15, 0.2) is 16.6 Å². The van der Waals surface area contributed by atoms with E-state index in [0.29, 0.717) is 0 Å². The topological polar surface area (TPSA) is 37.8 Å². The summed E-state index contributed by atoms with van der Waals surface area (Å²) >= 11 is 1.75. The van der Waals surface area contributed by atoms with Crippen molar-refractivity contribution < 1.29 is 9.47 Å². The molecule has 0 saturated heterocycles. The molecule has 6 heteroatoms. The molecular formula is C24H33N3O2S. The van der Waals surface area contributed by atoms with Crippen molar-refractivity contribution in [1.82, 2.24) is 9.88 Å². The predicted octanol–water partition coefficient (Wildman–Crippen LogP) is 5.75. The van der Waals surface area contributed by atoms with E-state index in [9.17, 15) is 0 Å². The largest absolute Gasteiger partial charge is 0.493 e. The van der Waals surface area contributed by atoms with Crippen molar-refractivity contribution in [1.29, 1.82) is 0 Å². The first-order valence-corrected chi connectivity index (χ1v) is 11.6. The minimum atomic E-state index is 0.734. The van der Waals surface area contributed by atoms with Gasteiger partial charge in [-0.25, -0.2) is 4.98 Å². The lowest BCUT2D eigenvalue weighted by Gasteiger charge is -2.25. The molecule has 0 atom stereocenters. The van der Waals surface area contributed by atoms with Gasteiger partial charge in [-0.3, -0.25) is 0 Å². The second-order valence-electron chi connectivity index (χ2n) is 7.22. The van der Waals surface area contributed by atoms with Crippen LogP contribution in [-0.2, 0) is 6.42 Å². The molecule has 0 amide bonds. The number of fused-ring (bicyclic) bond motifs is 1. The summed E-state index contributed by atoms with van der Waals surface area (Å²) in [4.78, 5) is 9.72. The molecule has 1 aromatic heterocycles. The highest BCUT2D eigenvalue weighted by molar-refractivity contribution is 7.22. The van der Waals surface area contributed by atoms with E-state index in [-0.39, 0.29) is 0 Å². The molecule has 0 spiro atoms. The summed E-state index contributed by atoms with van der Waals surface area (Å²) in [6.45, 7) is 10.7. The second kappa shape index (κ2) is 10.6. The van der Waals surface area contributed by atoms with E-state index >= 15 is 0 Å². The van der Waals surface area contributed by atoms with Crippen LogP contribution in [0.4, 0.5) is 10.8 Å². The molecule has 0 aliphatic rings. The molecule has 0 unspecified atom stereocenters. The Bertz CT molecular complexity index is 953. The quantitative estimate of drug-likeness (QED) is 0.390. The fourth-order valence-corrected chi connectivity index (χ4v) is 4.69.